The monoisotopic (exact) mass is 408 g/mol. The third-order valence-electron chi connectivity index (χ3n) is 4.36. The molecule has 8 heteroatoms. The van der Waals surface area contributed by atoms with Crippen LogP contribution in [-0.4, -0.2) is 50.3 Å². The molecule has 0 aliphatic heterocycles. The summed E-state index contributed by atoms with van der Waals surface area (Å²) in [5.74, 6) is 2.76. The molecule has 0 bridgehead atoms. The summed E-state index contributed by atoms with van der Waals surface area (Å²) in [5.41, 5.74) is 2.01. The van der Waals surface area contributed by atoms with Crippen LogP contribution in [0.25, 0.3) is 0 Å². The molecule has 0 spiro atoms. The van der Waals surface area contributed by atoms with Crippen molar-refractivity contribution < 1.29 is 14.2 Å². The quantitative estimate of drug-likeness (QED) is 0.536. The van der Waals surface area contributed by atoms with Gasteiger partial charge in [-0.1, -0.05) is 11.6 Å². The minimum atomic E-state index is 0.435. The first kappa shape index (κ1) is 21.8. The van der Waals surface area contributed by atoms with Crippen LogP contribution in [-0.2, 0) is 20.1 Å². The maximum atomic E-state index is 6.10. The molecule has 0 saturated carbocycles. The summed E-state index contributed by atoms with van der Waals surface area (Å²) in [5, 5.41) is 4.05. The average molecular weight is 409 g/mol. The van der Waals surface area contributed by atoms with Gasteiger partial charge >= 0.3 is 0 Å². The zero-order valence-electron chi connectivity index (χ0n) is 17.4. The number of aliphatic imine (C=N–C) groups is 1. The Morgan fingerprint density at radius 2 is 1.75 bits per heavy atom. The molecule has 2 aromatic rings. The van der Waals surface area contributed by atoms with Crippen LogP contribution in [0.2, 0.25) is 5.02 Å². The molecule has 154 valence electrons. The van der Waals surface area contributed by atoms with Crippen molar-refractivity contribution in [2.45, 2.75) is 20.0 Å². The lowest BCUT2D eigenvalue weighted by molar-refractivity contribution is 0.347. The maximum absolute atomic E-state index is 6.10. The van der Waals surface area contributed by atoms with Gasteiger partial charge in [-0.25, -0.2) is 4.99 Å². The Morgan fingerprint density at radius 3 is 2.29 bits per heavy atom. The van der Waals surface area contributed by atoms with E-state index in [1.165, 1.54) is 0 Å². The molecule has 1 N–H and O–H groups in total. The van der Waals surface area contributed by atoms with Crippen molar-refractivity contribution in [2.24, 2.45) is 12.0 Å². The average Bonchev–Trinajstić information content (AvgIpc) is 3.00. The van der Waals surface area contributed by atoms with E-state index >= 15 is 0 Å². The number of hydrogen-bond acceptors (Lipinski definition) is 4. The summed E-state index contributed by atoms with van der Waals surface area (Å²) in [6.07, 6.45) is 1.89. The molecule has 7 nitrogen and oxygen atoms in total. The molecule has 0 amide bonds. The van der Waals surface area contributed by atoms with Gasteiger partial charge in [0, 0.05) is 44.2 Å². The number of hydrogen-bond donors (Lipinski definition) is 1. The first-order valence-electron chi connectivity index (χ1n) is 9.02. The van der Waals surface area contributed by atoms with Crippen LogP contribution in [0.5, 0.6) is 17.2 Å². The molecule has 1 aromatic heterocycles. The Labute approximate surface area is 171 Å². The Kier molecular flexibility index (Phi) is 7.87. The second kappa shape index (κ2) is 10.1. The highest BCUT2D eigenvalue weighted by molar-refractivity contribution is 6.30. The summed E-state index contributed by atoms with van der Waals surface area (Å²) >= 11 is 6.10. The molecule has 0 atom stereocenters. The molecule has 28 heavy (non-hydrogen) atoms. The van der Waals surface area contributed by atoms with Gasteiger partial charge in [-0.05, 0) is 19.1 Å². The Hall–Kier alpha value is -2.54. The van der Waals surface area contributed by atoms with E-state index in [-0.39, 0.29) is 0 Å². The largest absolute Gasteiger partial charge is 0.496 e. The molecular weight excluding hydrogens is 380 g/mol. The normalized spacial score (nSPS) is 11.3. The number of nitrogens with one attached hydrogen (secondary N) is 1. The van der Waals surface area contributed by atoms with Crippen molar-refractivity contribution in [3.05, 3.63) is 40.7 Å². The van der Waals surface area contributed by atoms with Crippen molar-refractivity contribution in [1.82, 2.24) is 14.8 Å². The minimum Gasteiger partial charge on any atom is -0.496 e. The van der Waals surface area contributed by atoms with E-state index in [2.05, 4.69) is 10.2 Å². The Morgan fingerprint density at radius 1 is 1.11 bits per heavy atom. The second-order valence-electron chi connectivity index (χ2n) is 6.31. The number of halogens is 1. The summed E-state index contributed by atoms with van der Waals surface area (Å²) in [6.45, 7) is 3.92. The van der Waals surface area contributed by atoms with Crippen LogP contribution < -0.4 is 19.5 Å². The highest BCUT2D eigenvalue weighted by atomic mass is 35.5. The predicted octanol–water partition coefficient (Wildman–Crippen LogP) is 3.30. The van der Waals surface area contributed by atoms with Crippen LogP contribution in [0.1, 0.15) is 18.2 Å². The van der Waals surface area contributed by atoms with Crippen molar-refractivity contribution in [2.75, 3.05) is 34.9 Å². The Bertz CT molecular complexity index is 820. The maximum Gasteiger partial charge on any atom is 0.194 e. The third-order valence-corrected chi connectivity index (χ3v) is 4.56. The van der Waals surface area contributed by atoms with E-state index in [1.54, 1.807) is 21.3 Å². The number of methoxy groups -OCH3 is 3. The van der Waals surface area contributed by atoms with Gasteiger partial charge in [-0.3, -0.25) is 0 Å². The lowest BCUT2D eigenvalue weighted by Gasteiger charge is -2.22. The zero-order valence-corrected chi connectivity index (χ0v) is 18.1. The molecule has 1 heterocycles. The van der Waals surface area contributed by atoms with Gasteiger partial charge in [0.25, 0.3) is 0 Å². The summed E-state index contributed by atoms with van der Waals surface area (Å²) < 4.78 is 18.3. The molecule has 0 fully saturated rings. The highest BCUT2D eigenvalue weighted by Crippen LogP contribution is 2.34. The van der Waals surface area contributed by atoms with Gasteiger partial charge in [0.1, 0.15) is 5.75 Å². The van der Waals surface area contributed by atoms with E-state index in [4.69, 9.17) is 30.8 Å². The third kappa shape index (κ3) is 5.25. The van der Waals surface area contributed by atoms with Gasteiger partial charge < -0.3 is 29.0 Å². The van der Waals surface area contributed by atoms with Gasteiger partial charge in [-0.15, -0.1) is 0 Å². The number of nitrogens with zero attached hydrogens (tertiary/aromatic N) is 3. The van der Waals surface area contributed by atoms with E-state index in [1.807, 2.05) is 50.0 Å². The number of aromatic nitrogens is 1. The first-order chi connectivity index (χ1) is 13.4. The van der Waals surface area contributed by atoms with E-state index in [0.29, 0.717) is 30.3 Å². The number of benzene rings is 1. The van der Waals surface area contributed by atoms with Crippen molar-refractivity contribution >= 4 is 17.6 Å². The molecule has 0 saturated heterocycles. The highest BCUT2D eigenvalue weighted by Gasteiger charge is 2.13. The standard InChI is InChI=1S/C20H29ClN4O3/c1-7-22-20(25(3)13-16-9-15(21)12-24(16)2)23-11-14-8-18(27-5)19(28-6)10-17(14)26-4/h8-10,12H,7,11,13H2,1-6H3,(H,22,23). The SMILES string of the molecule is CCNC(=NCc1cc(OC)c(OC)cc1OC)N(C)Cc1cc(Cl)cn1C. The van der Waals surface area contributed by atoms with Crippen LogP contribution in [0.4, 0.5) is 0 Å². The van der Waals surface area contributed by atoms with Gasteiger partial charge in [0.15, 0.2) is 17.5 Å². The van der Waals surface area contributed by atoms with E-state index < -0.39 is 0 Å². The number of rotatable bonds is 8. The molecule has 0 aliphatic rings. The molecular formula is C20H29ClN4O3. The number of ether oxygens (including phenoxy) is 3. The van der Waals surface area contributed by atoms with Crippen LogP contribution in [0.3, 0.4) is 0 Å². The fraction of sp³-hybridized carbons (Fsp3) is 0.450. The molecule has 0 radical (unpaired) electrons. The van der Waals surface area contributed by atoms with Crippen molar-refractivity contribution in [3.8, 4) is 17.2 Å². The second-order valence-corrected chi connectivity index (χ2v) is 6.74. The molecule has 2 rings (SSSR count). The summed E-state index contributed by atoms with van der Waals surface area (Å²) in [4.78, 5) is 6.83. The lowest BCUT2D eigenvalue weighted by Crippen LogP contribution is -2.38. The fourth-order valence-electron chi connectivity index (χ4n) is 2.89. The number of aryl methyl sites for hydroxylation is 1. The van der Waals surface area contributed by atoms with Crippen LogP contribution in [0, 0.1) is 0 Å². The van der Waals surface area contributed by atoms with Gasteiger partial charge in [0.2, 0.25) is 0 Å². The molecule has 0 unspecified atom stereocenters. The van der Waals surface area contributed by atoms with E-state index in [0.717, 1.165) is 28.8 Å². The summed E-state index contributed by atoms with van der Waals surface area (Å²) in [7, 11) is 8.82. The van der Waals surface area contributed by atoms with Gasteiger partial charge in [-0.2, -0.15) is 0 Å². The molecule has 1 aromatic carbocycles. The van der Waals surface area contributed by atoms with Crippen molar-refractivity contribution in [3.63, 3.8) is 0 Å². The minimum absolute atomic E-state index is 0.435. The predicted molar refractivity (Wildman–Crippen MR) is 113 cm³/mol. The molecule has 0 aliphatic carbocycles. The number of guanidine groups is 1. The Balaban J connectivity index is 2.25. The van der Waals surface area contributed by atoms with E-state index in [9.17, 15) is 0 Å². The smallest absolute Gasteiger partial charge is 0.194 e. The lowest BCUT2D eigenvalue weighted by atomic mass is 10.1. The van der Waals surface area contributed by atoms with Crippen molar-refractivity contribution in [1.29, 1.82) is 0 Å². The van der Waals surface area contributed by atoms with Gasteiger partial charge in [0.05, 0.1) is 39.4 Å². The summed E-state index contributed by atoms with van der Waals surface area (Å²) in [6, 6.07) is 5.66. The van der Waals surface area contributed by atoms with Crippen LogP contribution in [0.15, 0.2) is 29.4 Å². The fourth-order valence-corrected chi connectivity index (χ4v) is 3.16. The first-order valence-corrected chi connectivity index (χ1v) is 9.40. The van der Waals surface area contributed by atoms with Crippen LogP contribution >= 0.6 is 11.6 Å². The zero-order chi connectivity index (χ0) is 20.7. The topological polar surface area (TPSA) is 60.3 Å².